The highest BCUT2D eigenvalue weighted by Gasteiger charge is 2.31. The van der Waals surface area contributed by atoms with Gasteiger partial charge in [0.25, 0.3) is 0 Å². The Morgan fingerprint density at radius 3 is 3.12 bits per heavy atom. The molecule has 0 aliphatic carbocycles. The number of hydrogen-bond donors (Lipinski definition) is 2. The monoisotopic (exact) mass is 322 g/mol. The molecule has 2 atom stereocenters. The van der Waals surface area contributed by atoms with Gasteiger partial charge >= 0.3 is 0 Å². The zero-order valence-corrected chi connectivity index (χ0v) is 12.3. The average Bonchev–Trinajstić information content (AvgIpc) is 2.85. The van der Waals surface area contributed by atoms with Crippen LogP contribution in [-0.4, -0.2) is 33.7 Å². The molecule has 0 spiro atoms. The fraction of sp³-hybridized carbons (Fsp3) is 0.700. The van der Waals surface area contributed by atoms with Crippen molar-refractivity contribution in [2.24, 2.45) is 0 Å². The van der Waals surface area contributed by atoms with E-state index in [0.717, 1.165) is 26.7 Å². The van der Waals surface area contributed by atoms with Gasteiger partial charge < -0.3 is 10.4 Å². The maximum atomic E-state index is 10.2. The van der Waals surface area contributed by atoms with Gasteiger partial charge in [-0.2, -0.15) is 11.8 Å². The second kappa shape index (κ2) is 5.35. The minimum Gasteiger partial charge on any atom is -0.388 e. The summed E-state index contributed by atoms with van der Waals surface area (Å²) in [5.74, 6) is 1.91. The first-order valence-corrected chi connectivity index (χ1v) is 8.00. The highest BCUT2D eigenvalue weighted by molar-refractivity contribution is 9.11. The number of nitrogens with zero attached hydrogens (tertiary/aromatic N) is 1. The van der Waals surface area contributed by atoms with E-state index in [-0.39, 0.29) is 6.04 Å². The van der Waals surface area contributed by atoms with Crippen LogP contribution in [0.5, 0.6) is 0 Å². The molecule has 2 heterocycles. The van der Waals surface area contributed by atoms with Crippen LogP contribution in [0.25, 0.3) is 0 Å². The number of rotatable bonds is 4. The third kappa shape index (κ3) is 3.20. The van der Waals surface area contributed by atoms with Crippen molar-refractivity contribution < 1.29 is 5.11 Å². The molecule has 16 heavy (non-hydrogen) atoms. The minimum absolute atomic E-state index is 0.200. The lowest BCUT2D eigenvalue weighted by Gasteiger charge is -2.23. The van der Waals surface area contributed by atoms with E-state index in [1.807, 2.05) is 18.0 Å². The van der Waals surface area contributed by atoms with Crippen molar-refractivity contribution in [3.63, 3.8) is 0 Å². The van der Waals surface area contributed by atoms with Gasteiger partial charge in [0.15, 0.2) is 0 Å². The molecule has 0 aromatic carbocycles. The van der Waals surface area contributed by atoms with Crippen LogP contribution in [0.2, 0.25) is 0 Å². The Labute approximate surface area is 112 Å². The number of aromatic nitrogens is 1. The molecule has 2 unspecified atom stereocenters. The molecule has 6 heteroatoms. The SMILES string of the molecule is CC(NCC1(O)CCSC1)c1ncc(Br)s1. The van der Waals surface area contributed by atoms with E-state index >= 15 is 0 Å². The summed E-state index contributed by atoms with van der Waals surface area (Å²) in [5, 5.41) is 14.6. The molecule has 1 fully saturated rings. The quantitative estimate of drug-likeness (QED) is 0.893. The smallest absolute Gasteiger partial charge is 0.110 e. The van der Waals surface area contributed by atoms with Crippen molar-refractivity contribution in [1.82, 2.24) is 10.3 Å². The largest absolute Gasteiger partial charge is 0.388 e. The average molecular weight is 323 g/mol. The maximum Gasteiger partial charge on any atom is 0.110 e. The number of hydrogen-bond acceptors (Lipinski definition) is 5. The van der Waals surface area contributed by atoms with E-state index in [0.29, 0.717) is 6.54 Å². The first-order chi connectivity index (χ1) is 7.59. The summed E-state index contributed by atoms with van der Waals surface area (Å²) in [6.07, 6.45) is 2.71. The van der Waals surface area contributed by atoms with Crippen LogP contribution in [0.4, 0.5) is 0 Å². The fourth-order valence-corrected chi connectivity index (χ4v) is 4.20. The van der Waals surface area contributed by atoms with E-state index in [9.17, 15) is 5.11 Å². The Morgan fingerprint density at radius 2 is 2.56 bits per heavy atom. The lowest BCUT2D eigenvalue weighted by atomic mass is 10.0. The summed E-state index contributed by atoms with van der Waals surface area (Å²) in [6, 6.07) is 0.200. The number of halogens is 1. The number of aliphatic hydroxyl groups is 1. The van der Waals surface area contributed by atoms with Crippen LogP contribution in [0.1, 0.15) is 24.4 Å². The Hall–Kier alpha value is 0.380. The van der Waals surface area contributed by atoms with Gasteiger partial charge in [0.05, 0.1) is 21.6 Å². The molecule has 0 amide bonds. The van der Waals surface area contributed by atoms with Gasteiger partial charge in [-0.3, -0.25) is 0 Å². The zero-order valence-electron chi connectivity index (χ0n) is 9.07. The van der Waals surface area contributed by atoms with Crippen LogP contribution in [0, 0.1) is 0 Å². The predicted molar refractivity (Wildman–Crippen MR) is 73.1 cm³/mol. The molecule has 1 aromatic rings. The summed E-state index contributed by atoms with van der Waals surface area (Å²) in [7, 11) is 0. The van der Waals surface area contributed by atoms with E-state index < -0.39 is 5.60 Å². The highest BCUT2D eigenvalue weighted by atomic mass is 79.9. The van der Waals surface area contributed by atoms with E-state index in [4.69, 9.17) is 0 Å². The Bertz CT molecular complexity index is 352. The molecule has 3 nitrogen and oxygen atoms in total. The Morgan fingerprint density at radius 1 is 1.75 bits per heavy atom. The van der Waals surface area contributed by atoms with Gasteiger partial charge in [-0.25, -0.2) is 4.98 Å². The molecular formula is C10H15BrN2OS2. The van der Waals surface area contributed by atoms with Crippen LogP contribution in [-0.2, 0) is 0 Å². The van der Waals surface area contributed by atoms with Gasteiger partial charge in [-0.1, -0.05) is 0 Å². The van der Waals surface area contributed by atoms with E-state index in [1.165, 1.54) is 0 Å². The molecule has 0 radical (unpaired) electrons. The van der Waals surface area contributed by atoms with Crippen LogP contribution in [0.15, 0.2) is 9.98 Å². The minimum atomic E-state index is -0.520. The van der Waals surface area contributed by atoms with Crippen LogP contribution in [0.3, 0.4) is 0 Å². The van der Waals surface area contributed by atoms with Gasteiger partial charge in [0.2, 0.25) is 0 Å². The highest BCUT2D eigenvalue weighted by Crippen LogP contribution is 2.28. The molecule has 0 saturated carbocycles. The molecule has 1 aliphatic heterocycles. The zero-order chi connectivity index (χ0) is 11.6. The van der Waals surface area contributed by atoms with Crippen molar-refractivity contribution in [2.45, 2.75) is 25.0 Å². The lowest BCUT2D eigenvalue weighted by Crippen LogP contribution is -2.41. The first-order valence-electron chi connectivity index (χ1n) is 5.24. The van der Waals surface area contributed by atoms with Gasteiger partial charge in [-0.15, -0.1) is 11.3 Å². The van der Waals surface area contributed by atoms with E-state index in [1.54, 1.807) is 11.3 Å². The Balaban J connectivity index is 1.86. The fourth-order valence-electron chi connectivity index (χ4n) is 1.63. The Kier molecular flexibility index (Phi) is 4.29. The summed E-state index contributed by atoms with van der Waals surface area (Å²) in [6.45, 7) is 2.73. The van der Waals surface area contributed by atoms with Crippen LogP contribution < -0.4 is 5.32 Å². The number of thioether (sulfide) groups is 1. The van der Waals surface area contributed by atoms with Crippen molar-refractivity contribution in [1.29, 1.82) is 0 Å². The summed E-state index contributed by atoms with van der Waals surface area (Å²) >= 11 is 6.86. The third-order valence-corrected chi connectivity index (χ3v) is 5.58. The van der Waals surface area contributed by atoms with Crippen molar-refractivity contribution in [3.8, 4) is 0 Å². The second-order valence-corrected chi connectivity index (χ2v) is 7.68. The molecule has 2 N–H and O–H groups in total. The first kappa shape index (κ1) is 12.8. The predicted octanol–water partition coefficient (Wildman–Crippen LogP) is 2.42. The standard InChI is InChI=1S/C10H15BrN2OS2/c1-7(9-12-4-8(11)16-9)13-5-10(14)2-3-15-6-10/h4,7,13-14H,2-3,5-6H2,1H3. The normalized spacial score (nSPS) is 27.2. The molecule has 1 saturated heterocycles. The number of thiazole rings is 1. The van der Waals surface area contributed by atoms with Gasteiger partial charge in [0, 0.05) is 12.3 Å². The lowest BCUT2D eigenvalue weighted by molar-refractivity contribution is 0.0651. The van der Waals surface area contributed by atoms with Crippen molar-refractivity contribution in [2.75, 3.05) is 18.1 Å². The molecule has 90 valence electrons. The maximum absolute atomic E-state index is 10.2. The molecule has 2 rings (SSSR count). The summed E-state index contributed by atoms with van der Waals surface area (Å²) in [4.78, 5) is 4.31. The van der Waals surface area contributed by atoms with Crippen molar-refractivity contribution >= 4 is 39.0 Å². The third-order valence-electron chi connectivity index (χ3n) is 2.69. The van der Waals surface area contributed by atoms with Gasteiger partial charge in [0.1, 0.15) is 5.01 Å². The van der Waals surface area contributed by atoms with Crippen LogP contribution >= 0.6 is 39.0 Å². The summed E-state index contributed by atoms with van der Waals surface area (Å²) in [5.41, 5.74) is -0.520. The van der Waals surface area contributed by atoms with Gasteiger partial charge in [-0.05, 0) is 35.0 Å². The molecule has 1 aromatic heterocycles. The number of nitrogens with one attached hydrogen (secondary N) is 1. The van der Waals surface area contributed by atoms with E-state index in [2.05, 4.69) is 33.2 Å². The molecular weight excluding hydrogens is 308 g/mol. The summed E-state index contributed by atoms with van der Waals surface area (Å²) < 4.78 is 1.05. The molecule has 1 aliphatic rings. The topological polar surface area (TPSA) is 45.1 Å². The van der Waals surface area contributed by atoms with Crippen molar-refractivity contribution in [3.05, 3.63) is 15.0 Å². The second-order valence-electron chi connectivity index (χ2n) is 4.13. The molecule has 0 bridgehead atoms.